The summed E-state index contributed by atoms with van der Waals surface area (Å²) in [6.07, 6.45) is 3.53. The molecule has 0 aromatic heterocycles. The van der Waals surface area contributed by atoms with E-state index >= 15 is 0 Å². The van der Waals surface area contributed by atoms with Crippen molar-refractivity contribution >= 4 is 11.6 Å². The number of carbonyl (C=O) groups excluding carboxylic acids is 1. The molecule has 126 valence electrons. The standard InChI is InChI=1S/C18H26N2O3/c1-4-11-20(12-5-2)15-18(21)19-16-9-7-8-10-17(16)23-14-13-22-6-3/h4-5,7-10H,1-2,6,11-15H2,3H3,(H,19,21). The molecule has 0 unspecified atom stereocenters. The van der Waals surface area contributed by atoms with Crippen molar-refractivity contribution in [3.63, 3.8) is 0 Å². The summed E-state index contributed by atoms with van der Waals surface area (Å²) in [5.74, 6) is 0.536. The van der Waals surface area contributed by atoms with E-state index in [1.807, 2.05) is 36.1 Å². The first kappa shape index (κ1) is 18.9. The average Bonchev–Trinajstić information content (AvgIpc) is 2.53. The summed E-state index contributed by atoms with van der Waals surface area (Å²) in [5.41, 5.74) is 0.658. The summed E-state index contributed by atoms with van der Waals surface area (Å²) in [6, 6.07) is 7.37. The van der Waals surface area contributed by atoms with Crippen LogP contribution in [-0.4, -0.2) is 50.3 Å². The highest BCUT2D eigenvalue weighted by molar-refractivity contribution is 5.93. The molecule has 0 aliphatic rings. The summed E-state index contributed by atoms with van der Waals surface area (Å²) in [6.45, 7) is 12.5. The van der Waals surface area contributed by atoms with Crippen molar-refractivity contribution in [2.24, 2.45) is 0 Å². The van der Waals surface area contributed by atoms with Crippen molar-refractivity contribution in [2.45, 2.75) is 6.92 Å². The quantitative estimate of drug-likeness (QED) is 0.475. The number of carbonyl (C=O) groups is 1. The second-order valence-corrected chi connectivity index (χ2v) is 4.86. The van der Waals surface area contributed by atoms with Crippen LogP contribution in [0.25, 0.3) is 0 Å². The number of ether oxygens (including phenoxy) is 2. The van der Waals surface area contributed by atoms with Crippen molar-refractivity contribution in [2.75, 3.05) is 44.8 Å². The summed E-state index contributed by atoms with van der Waals surface area (Å²) in [5, 5.41) is 2.88. The molecule has 0 saturated heterocycles. The fraction of sp³-hybridized carbons (Fsp3) is 0.389. The summed E-state index contributed by atoms with van der Waals surface area (Å²) < 4.78 is 10.9. The van der Waals surface area contributed by atoms with Crippen LogP contribution in [0.4, 0.5) is 5.69 Å². The Bertz CT molecular complexity index is 493. The molecule has 0 radical (unpaired) electrons. The van der Waals surface area contributed by atoms with Gasteiger partial charge in [0, 0.05) is 19.7 Å². The summed E-state index contributed by atoms with van der Waals surface area (Å²) >= 11 is 0. The van der Waals surface area contributed by atoms with Gasteiger partial charge in [0.15, 0.2) is 0 Å². The van der Waals surface area contributed by atoms with Crippen LogP contribution in [0.5, 0.6) is 5.75 Å². The van der Waals surface area contributed by atoms with Crippen LogP contribution in [0, 0.1) is 0 Å². The van der Waals surface area contributed by atoms with Gasteiger partial charge >= 0.3 is 0 Å². The topological polar surface area (TPSA) is 50.8 Å². The molecule has 23 heavy (non-hydrogen) atoms. The van der Waals surface area contributed by atoms with E-state index in [1.165, 1.54) is 0 Å². The van der Waals surface area contributed by atoms with E-state index in [0.717, 1.165) is 0 Å². The zero-order valence-corrected chi connectivity index (χ0v) is 13.8. The van der Waals surface area contributed by atoms with Crippen LogP contribution in [0.3, 0.4) is 0 Å². The Labute approximate surface area is 138 Å². The Morgan fingerprint density at radius 3 is 2.57 bits per heavy atom. The van der Waals surface area contributed by atoms with Crippen molar-refractivity contribution in [1.29, 1.82) is 0 Å². The molecule has 0 heterocycles. The molecule has 0 spiro atoms. The fourth-order valence-electron chi connectivity index (χ4n) is 2.01. The third kappa shape index (κ3) is 7.63. The molecule has 1 rings (SSSR count). The van der Waals surface area contributed by atoms with Gasteiger partial charge < -0.3 is 14.8 Å². The molecule has 0 aliphatic carbocycles. The highest BCUT2D eigenvalue weighted by Crippen LogP contribution is 2.23. The van der Waals surface area contributed by atoms with Crippen LogP contribution in [0.1, 0.15) is 6.92 Å². The third-order valence-corrected chi connectivity index (χ3v) is 2.99. The lowest BCUT2D eigenvalue weighted by molar-refractivity contribution is -0.117. The van der Waals surface area contributed by atoms with Crippen molar-refractivity contribution < 1.29 is 14.3 Å². The van der Waals surface area contributed by atoms with Crippen LogP contribution in [0.15, 0.2) is 49.6 Å². The lowest BCUT2D eigenvalue weighted by atomic mass is 10.3. The van der Waals surface area contributed by atoms with E-state index in [4.69, 9.17) is 9.47 Å². The lowest BCUT2D eigenvalue weighted by Gasteiger charge is -2.19. The molecule has 5 heteroatoms. The van der Waals surface area contributed by atoms with Gasteiger partial charge in [0.2, 0.25) is 5.91 Å². The zero-order chi connectivity index (χ0) is 16.9. The molecule has 0 bridgehead atoms. The van der Waals surface area contributed by atoms with Gasteiger partial charge in [-0.2, -0.15) is 0 Å². The molecule has 5 nitrogen and oxygen atoms in total. The van der Waals surface area contributed by atoms with Crippen molar-refractivity contribution in [3.8, 4) is 5.75 Å². The van der Waals surface area contributed by atoms with E-state index in [0.29, 0.717) is 44.3 Å². The number of hydrogen-bond donors (Lipinski definition) is 1. The number of para-hydroxylation sites is 2. The van der Waals surface area contributed by atoms with Gasteiger partial charge in [-0.25, -0.2) is 0 Å². The third-order valence-electron chi connectivity index (χ3n) is 2.99. The first-order chi connectivity index (χ1) is 11.2. The van der Waals surface area contributed by atoms with Crippen LogP contribution in [0.2, 0.25) is 0 Å². The molecule has 0 atom stereocenters. The molecule has 0 fully saturated rings. The Morgan fingerprint density at radius 2 is 1.91 bits per heavy atom. The number of anilines is 1. The number of amides is 1. The molecule has 1 amide bonds. The molecule has 1 aromatic rings. The molecule has 1 aromatic carbocycles. The number of nitrogens with zero attached hydrogens (tertiary/aromatic N) is 1. The minimum Gasteiger partial charge on any atom is -0.489 e. The van der Waals surface area contributed by atoms with E-state index in [-0.39, 0.29) is 12.5 Å². The van der Waals surface area contributed by atoms with Gasteiger partial charge in [-0.15, -0.1) is 13.2 Å². The minimum atomic E-state index is -0.102. The van der Waals surface area contributed by atoms with Crippen molar-refractivity contribution in [1.82, 2.24) is 4.90 Å². The van der Waals surface area contributed by atoms with Crippen LogP contribution in [-0.2, 0) is 9.53 Å². The largest absolute Gasteiger partial charge is 0.489 e. The predicted molar refractivity (Wildman–Crippen MR) is 93.9 cm³/mol. The van der Waals surface area contributed by atoms with Gasteiger partial charge in [-0.1, -0.05) is 24.3 Å². The van der Waals surface area contributed by atoms with E-state index in [2.05, 4.69) is 18.5 Å². The zero-order valence-electron chi connectivity index (χ0n) is 13.8. The Morgan fingerprint density at radius 1 is 1.22 bits per heavy atom. The van der Waals surface area contributed by atoms with Gasteiger partial charge in [0.05, 0.1) is 18.8 Å². The predicted octanol–water partition coefficient (Wildman–Crippen LogP) is 2.71. The molecule has 0 saturated carbocycles. The van der Waals surface area contributed by atoms with Gasteiger partial charge in [-0.05, 0) is 19.1 Å². The summed E-state index contributed by atoms with van der Waals surface area (Å²) in [4.78, 5) is 14.1. The maximum absolute atomic E-state index is 12.2. The van der Waals surface area contributed by atoms with Crippen LogP contribution < -0.4 is 10.1 Å². The SMILES string of the molecule is C=CCN(CC=C)CC(=O)Nc1ccccc1OCCOCC. The van der Waals surface area contributed by atoms with Crippen molar-refractivity contribution in [3.05, 3.63) is 49.6 Å². The minimum absolute atomic E-state index is 0.102. The smallest absolute Gasteiger partial charge is 0.238 e. The number of nitrogens with one attached hydrogen (secondary N) is 1. The second-order valence-electron chi connectivity index (χ2n) is 4.86. The Balaban J connectivity index is 2.59. The fourth-order valence-corrected chi connectivity index (χ4v) is 2.01. The van der Waals surface area contributed by atoms with E-state index in [9.17, 15) is 4.79 Å². The van der Waals surface area contributed by atoms with Gasteiger partial charge in [0.25, 0.3) is 0 Å². The number of rotatable bonds is 12. The van der Waals surface area contributed by atoms with Gasteiger partial charge in [0.1, 0.15) is 12.4 Å². The molecule has 0 aliphatic heterocycles. The second kappa shape index (κ2) is 11.5. The highest BCUT2D eigenvalue weighted by atomic mass is 16.5. The number of hydrogen-bond acceptors (Lipinski definition) is 4. The van der Waals surface area contributed by atoms with E-state index < -0.39 is 0 Å². The summed E-state index contributed by atoms with van der Waals surface area (Å²) in [7, 11) is 0. The molecule has 1 N–H and O–H groups in total. The monoisotopic (exact) mass is 318 g/mol. The Kier molecular flexibility index (Phi) is 9.43. The lowest BCUT2D eigenvalue weighted by Crippen LogP contribution is -2.33. The maximum atomic E-state index is 12.2. The number of benzene rings is 1. The Hall–Kier alpha value is -2.11. The van der Waals surface area contributed by atoms with E-state index in [1.54, 1.807) is 12.2 Å². The normalized spacial score (nSPS) is 10.3. The first-order valence-corrected chi connectivity index (χ1v) is 7.74. The first-order valence-electron chi connectivity index (χ1n) is 7.74. The van der Waals surface area contributed by atoms with Gasteiger partial charge in [-0.3, -0.25) is 9.69 Å². The van der Waals surface area contributed by atoms with Crippen LogP contribution >= 0.6 is 0 Å². The average molecular weight is 318 g/mol. The highest BCUT2D eigenvalue weighted by Gasteiger charge is 2.11. The molecular weight excluding hydrogens is 292 g/mol. The maximum Gasteiger partial charge on any atom is 0.238 e. The molecular formula is C18H26N2O3.